The van der Waals surface area contributed by atoms with Crippen molar-refractivity contribution in [2.45, 2.75) is 126 Å². The largest absolute Gasteiger partial charge is 0.473 e. The highest BCUT2D eigenvalue weighted by Crippen LogP contribution is 2.31. The van der Waals surface area contributed by atoms with Gasteiger partial charge in [0.05, 0.1) is 11.8 Å². The first-order chi connectivity index (χ1) is 22.1. The van der Waals surface area contributed by atoms with Gasteiger partial charge in [-0.15, -0.1) is 0 Å². The van der Waals surface area contributed by atoms with Crippen LogP contribution in [0.25, 0.3) is 0 Å². The first kappa shape index (κ1) is 39.4. The number of hydrogen-bond donors (Lipinski definition) is 0. The quantitative estimate of drug-likeness (QED) is 0.163. The molecule has 0 amide bonds. The molecule has 4 unspecified atom stereocenters. The summed E-state index contributed by atoms with van der Waals surface area (Å²) in [5, 5.41) is 0.376. The second kappa shape index (κ2) is 21.2. The number of aliphatic imine (C=N–C) groups is 1. The van der Waals surface area contributed by atoms with E-state index in [9.17, 15) is 4.39 Å². The summed E-state index contributed by atoms with van der Waals surface area (Å²) in [7, 11) is 0. The lowest BCUT2D eigenvalue weighted by Gasteiger charge is -2.24. The van der Waals surface area contributed by atoms with E-state index in [2.05, 4.69) is 72.7 Å². The molecular weight excluding hydrogens is 595 g/mol. The van der Waals surface area contributed by atoms with E-state index < -0.39 is 0 Å². The number of benzene rings is 2. The smallest absolute Gasteiger partial charge is 0.213 e. The second-order valence-corrected chi connectivity index (χ2v) is 12.9. The summed E-state index contributed by atoms with van der Waals surface area (Å²) in [6.45, 7) is 20.6. The summed E-state index contributed by atoms with van der Waals surface area (Å²) in [6, 6.07) is 17.0. The molecule has 1 aliphatic heterocycles. The van der Waals surface area contributed by atoms with Crippen molar-refractivity contribution >= 4 is 23.0 Å². The van der Waals surface area contributed by atoms with Crippen molar-refractivity contribution in [2.75, 3.05) is 6.61 Å². The Morgan fingerprint density at radius 2 is 1.76 bits per heavy atom. The molecule has 2 aromatic carbocycles. The fourth-order valence-corrected chi connectivity index (χ4v) is 5.68. The molecule has 4 atom stereocenters. The Kier molecular flexibility index (Phi) is 18.1. The molecule has 0 aliphatic carbocycles. The lowest BCUT2D eigenvalue weighted by atomic mass is 9.83. The number of ether oxygens (including phenoxy) is 2. The Bertz CT molecular complexity index is 1340. The average Bonchev–Trinajstić information content (AvgIpc) is 3.01. The molecule has 2 heterocycles. The molecule has 0 saturated carbocycles. The normalized spacial score (nSPS) is 16.2. The van der Waals surface area contributed by atoms with Gasteiger partial charge in [0.2, 0.25) is 5.88 Å². The maximum Gasteiger partial charge on any atom is 0.213 e. The minimum atomic E-state index is -0.366. The van der Waals surface area contributed by atoms with Crippen molar-refractivity contribution in [3.05, 3.63) is 87.8 Å². The van der Waals surface area contributed by atoms with Crippen molar-refractivity contribution in [1.29, 1.82) is 0 Å². The van der Waals surface area contributed by atoms with Crippen molar-refractivity contribution in [1.82, 2.24) is 4.98 Å². The standard InChI is InChI=1S/C33H42ClFN2O.C5H10O.C2H6/c1-7-9-27(32-10-8-11-33(37-32)38-21-28-15-16-29(34)20-30(28)35)14-13-23(3)24(4)19-26(6)36-31-17-12-22(2)18-25(31)5;1-2-5-3-4-6-5;1-2/h8,10-12,15-18,20,23-24,27H,7,9,13-14,19,21H2,1-6H3;5H,2-4H2,1H3;1-2H3. The Labute approximate surface area is 284 Å². The zero-order chi connectivity index (χ0) is 34.1. The van der Waals surface area contributed by atoms with E-state index in [0.717, 1.165) is 50.1 Å². The maximum atomic E-state index is 14.1. The van der Waals surface area contributed by atoms with E-state index >= 15 is 0 Å². The zero-order valence-electron chi connectivity index (χ0n) is 29.8. The molecule has 6 heteroatoms. The molecule has 254 valence electrons. The van der Waals surface area contributed by atoms with Gasteiger partial charge in [-0.25, -0.2) is 9.37 Å². The number of rotatable bonds is 14. The molecule has 3 aromatic rings. The van der Waals surface area contributed by atoms with E-state index in [1.165, 1.54) is 35.7 Å². The van der Waals surface area contributed by atoms with E-state index in [0.29, 0.717) is 40.3 Å². The highest BCUT2D eigenvalue weighted by Gasteiger charge is 2.19. The van der Waals surface area contributed by atoms with Crippen molar-refractivity contribution in [3.8, 4) is 5.88 Å². The SMILES string of the molecule is CC.CCC1CCO1.CCCC(CCC(C)C(C)CC(C)=Nc1ccc(C)cc1C)c1cccc(OCc2ccc(Cl)cc2F)n1. The number of nitrogens with zero attached hydrogens (tertiary/aromatic N) is 2. The molecule has 0 spiro atoms. The van der Waals surface area contributed by atoms with Gasteiger partial charge in [0, 0.05) is 40.6 Å². The molecular formula is C40H58ClFN2O2. The highest BCUT2D eigenvalue weighted by atomic mass is 35.5. The van der Waals surface area contributed by atoms with Crippen LogP contribution in [0, 0.1) is 31.5 Å². The van der Waals surface area contributed by atoms with Crippen LogP contribution in [0.1, 0.15) is 122 Å². The first-order valence-corrected chi connectivity index (χ1v) is 17.7. The highest BCUT2D eigenvalue weighted by molar-refractivity contribution is 6.30. The summed E-state index contributed by atoms with van der Waals surface area (Å²) in [5.74, 6) is 1.65. The van der Waals surface area contributed by atoms with Crippen LogP contribution in [0.2, 0.25) is 5.02 Å². The molecule has 1 fully saturated rings. The van der Waals surface area contributed by atoms with Crippen LogP contribution in [0.3, 0.4) is 0 Å². The summed E-state index contributed by atoms with van der Waals surface area (Å²) in [6.07, 6.45) is 8.48. The van der Waals surface area contributed by atoms with Gasteiger partial charge in [0.15, 0.2) is 0 Å². The lowest BCUT2D eigenvalue weighted by Crippen LogP contribution is -2.25. The van der Waals surface area contributed by atoms with Crippen LogP contribution in [0.15, 0.2) is 59.6 Å². The van der Waals surface area contributed by atoms with E-state index in [-0.39, 0.29) is 12.4 Å². The van der Waals surface area contributed by atoms with Gasteiger partial charge in [0.25, 0.3) is 0 Å². The number of pyridine rings is 1. The van der Waals surface area contributed by atoms with Crippen molar-refractivity contribution in [2.24, 2.45) is 16.8 Å². The van der Waals surface area contributed by atoms with Gasteiger partial charge < -0.3 is 9.47 Å². The summed E-state index contributed by atoms with van der Waals surface area (Å²) in [4.78, 5) is 9.71. The second-order valence-electron chi connectivity index (χ2n) is 12.5. The van der Waals surface area contributed by atoms with E-state index in [1.807, 2.05) is 26.0 Å². The topological polar surface area (TPSA) is 43.7 Å². The van der Waals surface area contributed by atoms with Crippen molar-refractivity contribution < 1.29 is 13.9 Å². The Balaban J connectivity index is 0.000000810. The van der Waals surface area contributed by atoms with Gasteiger partial charge in [-0.2, -0.15) is 0 Å². The van der Waals surface area contributed by atoms with Gasteiger partial charge in [-0.1, -0.05) is 89.4 Å². The number of hydrogen-bond acceptors (Lipinski definition) is 4. The maximum absolute atomic E-state index is 14.1. The average molecular weight is 653 g/mol. The molecule has 1 saturated heterocycles. The third-order valence-corrected chi connectivity index (χ3v) is 8.90. The number of halogens is 2. The van der Waals surface area contributed by atoms with Crippen LogP contribution in [0.5, 0.6) is 5.88 Å². The predicted molar refractivity (Wildman–Crippen MR) is 194 cm³/mol. The summed E-state index contributed by atoms with van der Waals surface area (Å²) >= 11 is 5.86. The molecule has 0 N–H and O–H groups in total. The molecule has 1 aliphatic rings. The van der Waals surface area contributed by atoms with Crippen LogP contribution in [-0.2, 0) is 11.3 Å². The molecule has 4 nitrogen and oxygen atoms in total. The molecule has 0 bridgehead atoms. The van der Waals surface area contributed by atoms with Gasteiger partial charge in [-0.3, -0.25) is 4.99 Å². The van der Waals surface area contributed by atoms with Gasteiger partial charge >= 0.3 is 0 Å². The Hall–Kier alpha value is -2.76. The van der Waals surface area contributed by atoms with Crippen LogP contribution in [0.4, 0.5) is 10.1 Å². The minimum absolute atomic E-state index is 0.121. The summed E-state index contributed by atoms with van der Waals surface area (Å²) < 4.78 is 25.1. The minimum Gasteiger partial charge on any atom is -0.473 e. The lowest BCUT2D eigenvalue weighted by molar-refractivity contribution is -0.0516. The Morgan fingerprint density at radius 1 is 1.02 bits per heavy atom. The molecule has 0 radical (unpaired) electrons. The van der Waals surface area contributed by atoms with Crippen LogP contribution in [-0.4, -0.2) is 23.4 Å². The fourth-order valence-electron chi connectivity index (χ4n) is 5.52. The first-order valence-electron chi connectivity index (χ1n) is 17.4. The molecule has 4 rings (SSSR count). The Morgan fingerprint density at radius 3 is 2.35 bits per heavy atom. The van der Waals surface area contributed by atoms with Gasteiger partial charge in [0.1, 0.15) is 12.4 Å². The van der Waals surface area contributed by atoms with Gasteiger partial charge in [-0.05, 0) is 101 Å². The predicted octanol–water partition coefficient (Wildman–Crippen LogP) is 12.4. The van der Waals surface area contributed by atoms with Crippen LogP contribution < -0.4 is 4.74 Å². The molecule has 1 aromatic heterocycles. The van der Waals surface area contributed by atoms with E-state index in [4.69, 9.17) is 31.1 Å². The fraction of sp³-hybridized carbons (Fsp3) is 0.550. The third-order valence-electron chi connectivity index (χ3n) is 8.66. The van der Waals surface area contributed by atoms with Crippen molar-refractivity contribution in [3.63, 3.8) is 0 Å². The number of aryl methyl sites for hydroxylation is 2. The van der Waals surface area contributed by atoms with Crippen LogP contribution >= 0.6 is 11.6 Å². The summed E-state index contributed by atoms with van der Waals surface area (Å²) in [5.41, 5.74) is 6.27. The third kappa shape index (κ3) is 13.5. The molecule has 46 heavy (non-hydrogen) atoms. The zero-order valence-corrected chi connectivity index (χ0v) is 30.6. The number of aromatic nitrogens is 1. The monoisotopic (exact) mass is 652 g/mol. The van der Waals surface area contributed by atoms with E-state index in [1.54, 1.807) is 12.1 Å².